The highest BCUT2D eigenvalue weighted by atomic mass is 35.5. The van der Waals surface area contributed by atoms with E-state index in [1.165, 1.54) is 0 Å². The second kappa shape index (κ2) is 12.7. The summed E-state index contributed by atoms with van der Waals surface area (Å²) in [6.07, 6.45) is -1.47. The molecule has 0 bridgehead atoms. The third kappa shape index (κ3) is 8.69. The lowest BCUT2D eigenvalue weighted by Crippen LogP contribution is -2.41. The average molecular weight is 476 g/mol. The van der Waals surface area contributed by atoms with E-state index in [0.717, 1.165) is 5.56 Å². The lowest BCUT2D eigenvalue weighted by molar-refractivity contribution is 0.0283. The van der Waals surface area contributed by atoms with Gasteiger partial charge < -0.3 is 19.7 Å². The maximum Gasteiger partial charge on any atom is 0.119 e. The van der Waals surface area contributed by atoms with E-state index >= 15 is 0 Å². The molecule has 2 N–H and O–H groups in total. The van der Waals surface area contributed by atoms with Gasteiger partial charge in [0.2, 0.25) is 0 Å². The van der Waals surface area contributed by atoms with Crippen LogP contribution in [0, 0.1) is 0 Å². The van der Waals surface area contributed by atoms with Gasteiger partial charge in [-0.2, -0.15) is 0 Å². The van der Waals surface area contributed by atoms with Gasteiger partial charge in [-0.25, -0.2) is 0 Å². The molecule has 0 aliphatic carbocycles. The lowest BCUT2D eigenvalue weighted by Gasteiger charge is -2.27. The first kappa shape index (κ1) is 24.4. The van der Waals surface area contributed by atoms with Crippen molar-refractivity contribution in [3.63, 3.8) is 0 Å². The molecule has 0 saturated carbocycles. The predicted molar refractivity (Wildman–Crippen MR) is 128 cm³/mol. The SMILES string of the molecule is OC(COc1ccc(Cl)cc1)CN(Cc1ccccc1)CC(O)COc1ccc(Cl)cc1. The van der Waals surface area contributed by atoms with Crippen LogP contribution in [0.15, 0.2) is 78.9 Å². The van der Waals surface area contributed by atoms with Crippen LogP contribution in [0.25, 0.3) is 0 Å². The Balaban J connectivity index is 1.54. The summed E-state index contributed by atoms with van der Waals surface area (Å²) in [6.45, 7) is 1.51. The third-order valence-corrected chi connectivity index (χ3v) is 5.20. The number of aliphatic hydroxyl groups is 2. The van der Waals surface area contributed by atoms with Crippen molar-refractivity contribution in [1.29, 1.82) is 0 Å². The molecule has 0 heterocycles. The Bertz CT molecular complexity index is 865. The van der Waals surface area contributed by atoms with Gasteiger partial charge in [0.25, 0.3) is 0 Å². The number of hydrogen-bond acceptors (Lipinski definition) is 5. The number of aliphatic hydroxyl groups excluding tert-OH is 2. The monoisotopic (exact) mass is 475 g/mol. The van der Waals surface area contributed by atoms with Crippen molar-refractivity contribution in [1.82, 2.24) is 4.90 Å². The summed E-state index contributed by atoms with van der Waals surface area (Å²) >= 11 is 11.8. The zero-order chi connectivity index (χ0) is 22.8. The van der Waals surface area contributed by atoms with Crippen LogP contribution in [0.2, 0.25) is 10.0 Å². The molecule has 0 aliphatic heterocycles. The predicted octanol–water partition coefficient (Wildman–Crippen LogP) is 4.68. The Morgan fingerprint density at radius 2 is 1.09 bits per heavy atom. The zero-order valence-corrected chi connectivity index (χ0v) is 19.1. The van der Waals surface area contributed by atoms with Gasteiger partial charge in [-0.15, -0.1) is 0 Å². The van der Waals surface area contributed by atoms with Gasteiger partial charge in [-0.1, -0.05) is 53.5 Å². The second-order valence-corrected chi connectivity index (χ2v) is 8.39. The van der Waals surface area contributed by atoms with E-state index in [9.17, 15) is 10.2 Å². The quantitative estimate of drug-likeness (QED) is 0.398. The van der Waals surface area contributed by atoms with Crippen LogP contribution in [-0.4, -0.2) is 53.6 Å². The lowest BCUT2D eigenvalue weighted by atomic mass is 10.2. The molecule has 0 aromatic heterocycles. The first-order valence-corrected chi connectivity index (χ1v) is 11.1. The summed E-state index contributed by atoms with van der Waals surface area (Å²) in [4.78, 5) is 1.99. The minimum absolute atomic E-state index is 0.129. The largest absolute Gasteiger partial charge is 0.491 e. The van der Waals surface area contributed by atoms with E-state index in [1.54, 1.807) is 48.5 Å². The van der Waals surface area contributed by atoms with Gasteiger partial charge in [-0.05, 0) is 54.1 Å². The fourth-order valence-electron chi connectivity index (χ4n) is 3.19. The van der Waals surface area contributed by atoms with Gasteiger partial charge >= 0.3 is 0 Å². The molecule has 3 aromatic rings. The average Bonchev–Trinajstić information content (AvgIpc) is 2.79. The van der Waals surface area contributed by atoms with Crippen LogP contribution in [-0.2, 0) is 6.54 Å². The summed E-state index contributed by atoms with van der Waals surface area (Å²) in [6, 6.07) is 23.9. The van der Waals surface area contributed by atoms with Crippen molar-refractivity contribution in [2.45, 2.75) is 18.8 Å². The summed E-state index contributed by atoms with van der Waals surface area (Å²) in [5, 5.41) is 22.3. The normalized spacial score (nSPS) is 13.0. The molecule has 0 fully saturated rings. The number of halogens is 2. The number of benzene rings is 3. The van der Waals surface area contributed by atoms with Crippen molar-refractivity contribution >= 4 is 23.2 Å². The molecular weight excluding hydrogens is 449 g/mol. The molecular formula is C25H27Cl2NO4. The van der Waals surface area contributed by atoms with Crippen LogP contribution in [0.5, 0.6) is 11.5 Å². The van der Waals surface area contributed by atoms with Gasteiger partial charge in [0.05, 0.1) is 0 Å². The van der Waals surface area contributed by atoms with Gasteiger partial charge in [0, 0.05) is 29.7 Å². The number of nitrogens with zero attached hydrogens (tertiary/aromatic N) is 1. The van der Waals surface area contributed by atoms with E-state index in [-0.39, 0.29) is 13.2 Å². The Hall–Kier alpha value is -2.28. The molecule has 2 unspecified atom stereocenters. The standard InChI is InChI=1S/C25H27Cl2NO4/c26-20-6-10-24(11-7-20)31-17-22(29)15-28(14-19-4-2-1-3-5-19)16-23(30)18-32-25-12-8-21(27)9-13-25/h1-13,22-23,29-30H,14-18H2. The van der Waals surface area contributed by atoms with Gasteiger partial charge in [0.1, 0.15) is 36.9 Å². The molecule has 7 heteroatoms. The molecule has 170 valence electrons. The number of rotatable bonds is 12. The van der Waals surface area contributed by atoms with Crippen LogP contribution >= 0.6 is 23.2 Å². The summed E-state index contributed by atoms with van der Waals surface area (Å²) in [5.41, 5.74) is 1.09. The molecule has 0 amide bonds. The molecule has 0 spiro atoms. The molecule has 0 radical (unpaired) electrons. The van der Waals surface area contributed by atoms with Crippen molar-refractivity contribution in [2.24, 2.45) is 0 Å². The van der Waals surface area contributed by atoms with Crippen molar-refractivity contribution < 1.29 is 19.7 Å². The van der Waals surface area contributed by atoms with E-state index in [0.29, 0.717) is 41.2 Å². The summed E-state index contributed by atoms with van der Waals surface area (Å²) in [5.74, 6) is 1.28. The summed E-state index contributed by atoms with van der Waals surface area (Å²) in [7, 11) is 0. The van der Waals surface area contributed by atoms with Gasteiger partial charge in [0.15, 0.2) is 0 Å². The maximum absolute atomic E-state index is 10.5. The molecule has 0 aliphatic rings. The Labute approximate surface area is 198 Å². The van der Waals surface area contributed by atoms with Crippen LogP contribution < -0.4 is 9.47 Å². The van der Waals surface area contributed by atoms with E-state index < -0.39 is 12.2 Å². The molecule has 32 heavy (non-hydrogen) atoms. The van der Waals surface area contributed by atoms with Crippen LogP contribution in [0.4, 0.5) is 0 Å². The molecule has 5 nitrogen and oxygen atoms in total. The Morgan fingerprint density at radius 3 is 1.53 bits per heavy atom. The third-order valence-electron chi connectivity index (χ3n) is 4.70. The van der Waals surface area contributed by atoms with E-state index in [1.807, 2.05) is 35.2 Å². The zero-order valence-electron chi connectivity index (χ0n) is 17.6. The fourth-order valence-corrected chi connectivity index (χ4v) is 3.45. The fraction of sp³-hybridized carbons (Fsp3) is 0.280. The Kier molecular flexibility index (Phi) is 9.65. The molecule has 3 rings (SSSR count). The van der Waals surface area contributed by atoms with Crippen LogP contribution in [0.3, 0.4) is 0 Å². The van der Waals surface area contributed by atoms with E-state index in [4.69, 9.17) is 32.7 Å². The first-order valence-electron chi connectivity index (χ1n) is 10.4. The molecule has 2 atom stereocenters. The van der Waals surface area contributed by atoms with E-state index in [2.05, 4.69) is 0 Å². The molecule has 3 aromatic carbocycles. The first-order chi connectivity index (χ1) is 15.5. The maximum atomic E-state index is 10.5. The van der Waals surface area contributed by atoms with Crippen molar-refractivity contribution in [3.8, 4) is 11.5 Å². The highest BCUT2D eigenvalue weighted by Crippen LogP contribution is 2.17. The second-order valence-electron chi connectivity index (χ2n) is 7.52. The number of ether oxygens (including phenoxy) is 2. The summed E-state index contributed by atoms with van der Waals surface area (Å²) < 4.78 is 11.3. The van der Waals surface area contributed by atoms with Crippen molar-refractivity contribution in [3.05, 3.63) is 94.5 Å². The Morgan fingerprint density at radius 1 is 0.656 bits per heavy atom. The van der Waals surface area contributed by atoms with Crippen LogP contribution in [0.1, 0.15) is 5.56 Å². The smallest absolute Gasteiger partial charge is 0.119 e. The molecule has 0 saturated heterocycles. The number of hydrogen-bond donors (Lipinski definition) is 2. The van der Waals surface area contributed by atoms with Crippen molar-refractivity contribution in [2.75, 3.05) is 26.3 Å². The van der Waals surface area contributed by atoms with Gasteiger partial charge in [-0.3, -0.25) is 4.90 Å². The topological polar surface area (TPSA) is 62.2 Å². The highest BCUT2D eigenvalue weighted by molar-refractivity contribution is 6.30. The minimum atomic E-state index is -0.737. The highest BCUT2D eigenvalue weighted by Gasteiger charge is 2.17. The minimum Gasteiger partial charge on any atom is -0.491 e.